The largest absolute Gasteiger partial charge is 0.445 e. The molecule has 0 bridgehead atoms. The standard InChI is InChI=1S/C37H47F3N6O4Si/c1-51(2,3)22-21-49-26-46-32(23-31-34(41-25-42-35(31)46)44-17-19-48-20-18-44)28-9-11-30(12-10-28)43-33(37(38,39)40)29-13-15-45(16-14-29)36(47)50-24-27-7-5-4-6-8-27/h4-12,23,25,29,33,43H,13-22,24,26H2,1-3H3/t33-/m0/s1. The third-order valence-corrected chi connectivity index (χ3v) is 11.2. The summed E-state index contributed by atoms with van der Waals surface area (Å²) >= 11 is 0. The maximum atomic E-state index is 14.5. The SMILES string of the molecule is C[Si](C)(C)CCOCn1c(-c2ccc(N[C@@H](C3CCN(C(=O)OCc4ccccc4)CC3)C(F)(F)F)cc2)cc2c(N3CCOCC3)ncnc21. The van der Waals surface area contributed by atoms with Gasteiger partial charge in [-0.25, -0.2) is 14.8 Å². The topological polar surface area (TPSA) is 94.0 Å². The number of aromatic nitrogens is 3. The number of likely N-dealkylation sites (tertiary alicyclic amines) is 1. The van der Waals surface area contributed by atoms with Crippen LogP contribution >= 0.6 is 0 Å². The van der Waals surface area contributed by atoms with Crippen LogP contribution < -0.4 is 10.2 Å². The first-order chi connectivity index (χ1) is 24.5. The van der Waals surface area contributed by atoms with Crippen LogP contribution in [-0.4, -0.2) is 91.8 Å². The molecule has 1 atom stereocenters. The van der Waals surface area contributed by atoms with Crippen molar-refractivity contribution in [2.75, 3.05) is 56.2 Å². The Morgan fingerprint density at radius 3 is 2.37 bits per heavy atom. The maximum absolute atomic E-state index is 14.5. The molecule has 2 aromatic heterocycles. The first-order valence-corrected chi connectivity index (χ1v) is 21.3. The minimum atomic E-state index is -4.48. The van der Waals surface area contributed by atoms with Crippen LogP contribution in [0.5, 0.6) is 0 Å². The van der Waals surface area contributed by atoms with E-state index in [2.05, 4.69) is 39.8 Å². The molecule has 0 unspecified atom stereocenters. The normalized spacial score (nSPS) is 16.7. The van der Waals surface area contributed by atoms with Gasteiger partial charge in [0.1, 0.15) is 37.2 Å². The molecule has 4 heterocycles. The van der Waals surface area contributed by atoms with Crippen molar-refractivity contribution in [1.82, 2.24) is 19.4 Å². The van der Waals surface area contributed by atoms with E-state index in [1.807, 2.05) is 53.1 Å². The van der Waals surface area contributed by atoms with Crippen molar-refractivity contribution in [1.29, 1.82) is 0 Å². The van der Waals surface area contributed by atoms with Crippen molar-refractivity contribution in [2.24, 2.45) is 5.92 Å². The van der Waals surface area contributed by atoms with E-state index < -0.39 is 32.3 Å². The molecule has 1 amide bonds. The minimum absolute atomic E-state index is 0.122. The monoisotopic (exact) mass is 724 g/mol. The van der Waals surface area contributed by atoms with Crippen LogP contribution in [0.1, 0.15) is 18.4 Å². The van der Waals surface area contributed by atoms with E-state index in [1.54, 1.807) is 18.5 Å². The van der Waals surface area contributed by atoms with Crippen molar-refractivity contribution in [3.63, 3.8) is 0 Å². The average Bonchev–Trinajstić information content (AvgIpc) is 3.50. The Bertz CT molecular complexity index is 1740. The fraction of sp³-hybridized carbons (Fsp3) is 0.486. The molecule has 2 saturated heterocycles. The second-order valence-corrected chi connectivity index (χ2v) is 20.1. The zero-order chi connectivity index (χ0) is 36.0. The molecule has 2 aromatic carbocycles. The Morgan fingerprint density at radius 2 is 1.71 bits per heavy atom. The zero-order valence-corrected chi connectivity index (χ0v) is 30.5. The van der Waals surface area contributed by atoms with Crippen LogP contribution in [0.3, 0.4) is 0 Å². The summed E-state index contributed by atoms with van der Waals surface area (Å²) in [6.07, 6.45) is -3.00. The number of amides is 1. The van der Waals surface area contributed by atoms with E-state index in [9.17, 15) is 18.0 Å². The molecule has 10 nitrogen and oxygen atoms in total. The second kappa shape index (κ2) is 16.0. The van der Waals surface area contributed by atoms with E-state index in [0.717, 1.165) is 52.8 Å². The number of hydrogen-bond acceptors (Lipinski definition) is 8. The van der Waals surface area contributed by atoms with Crippen LogP contribution in [0, 0.1) is 5.92 Å². The van der Waals surface area contributed by atoms with Crippen molar-refractivity contribution >= 4 is 36.7 Å². The van der Waals surface area contributed by atoms with E-state index in [4.69, 9.17) is 14.2 Å². The fourth-order valence-corrected chi connectivity index (χ4v) is 7.35. The van der Waals surface area contributed by atoms with E-state index in [-0.39, 0.29) is 39.3 Å². The molecule has 0 saturated carbocycles. The summed E-state index contributed by atoms with van der Waals surface area (Å²) in [6.45, 7) is 11.0. The van der Waals surface area contributed by atoms with Crippen LogP contribution in [0.15, 0.2) is 67.0 Å². The van der Waals surface area contributed by atoms with Gasteiger partial charge in [0.25, 0.3) is 0 Å². The van der Waals surface area contributed by atoms with Crippen LogP contribution in [-0.2, 0) is 27.5 Å². The smallest absolute Gasteiger partial charge is 0.410 e. The molecular weight excluding hydrogens is 678 g/mol. The van der Waals surface area contributed by atoms with Crippen molar-refractivity contribution in [3.8, 4) is 11.3 Å². The zero-order valence-electron chi connectivity index (χ0n) is 29.5. The highest BCUT2D eigenvalue weighted by Crippen LogP contribution is 2.36. The molecule has 0 spiro atoms. The molecule has 274 valence electrons. The van der Waals surface area contributed by atoms with E-state index in [0.29, 0.717) is 25.5 Å². The Balaban J connectivity index is 1.16. The lowest BCUT2D eigenvalue weighted by Crippen LogP contribution is -2.48. The van der Waals surface area contributed by atoms with Gasteiger partial charge in [0.15, 0.2) is 0 Å². The highest BCUT2D eigenvalue weighted by molar-refractivity contribution is 6.76. The molecule has 6 rings (SSSR count). The minimum Gasteiger partial charge on any atom is -0.445 e. The quantitative estimate of drug-likeness (QED) is 0.118. The molecule has 2 fully saturated rings. The molecule has 4 aromatic rings. The summed E-state index contributed by atoms with van der Waals surface area (Å²) in [5, 5.41) is 3.67. The molecule has 14 heteroatoms. The number of rotatable bonds is 12. The number of fused-ring (bicyclic) bond motifs is 1. The van der Waals surface area contributed by atoms with Gasteiger partial charge in [0.2, 0.25) is 0 Å². The van der Waals surface area contributed by atoms with Gasteiger partial charge in [-0.15, -0.1) is 0 Å². The van der Waals surface area contributed by atoms with Gasteiger partial charge in [-0.05, 0) is 54.1 Å². The molecule has 51 heavy (non-hydrogen) atoms. The summed E-state index contributed by atoms with van der Waals surface area (Å²) < 4.78 is 62.6. The number of ether oxygens (including phenoxy) is 3. The Morgan fingerprint density at radius 1 is 1.00 bits per heavy atom. The number of nitrogens with zero attached hydrogens (tertiary/aromatic N) is 5. The Kier molecular flexibility index (Phi) is 11.5. The number of nitrogens with one attached hydrogen (secondary N) is 1. The summed E-state index contributed by atoms with van der Waals surface area (Å²) in [4.78, 5) is 25.6. The van der Waals surface area contributed by atoms with Crippen molar-refractivity contribution in [3.05, 3.63) is 72.6 Å². The number of carbonyl (C=O) groups is 1. The summed E-state index contributed by atoms with van der Waals surface area (Å²) in [5.74, 6) is 0.128. The third kappa shape index (κ3) is 9.40. The van der Waals surface area contributed by atoms with Crippen LogP contribution in [0.25, 0.3) is 22.3 Å². The highest BCUT2D eigenvalue weighted by atomic mass is 28.3. The number of halogens is 3. The van der Waals surface area contributed by atoms with Crippen molar-refractivity contribution in [2.45, 2.75) is 64.1 Å². The number of benzene rings is 2. The van der Waals surface area contributed by atoms with Crippen molar-refractivity contribution < 1.29 is 32.2 Å². The lowest BCUT2D eigenvalue weighted by molar-refractivity contribution is -0.156. The van der Waals surface area contributed by atoms with Gasteiger partial charge < -0.3 is 33.9 Å². The van der Waals surface area contributed by atoms with Gasteiger partial charge >= 0.3 is 12.3 Å². The van der Waals surface area contributed by atoms with Gasteiger partial charge in [0.05, 0.1) is 24.3 Å². The summed E-state index contributed by atoms with van der Waals surface area (Å²) in [5.41, 5.74) is 3.63. The Labute approximate surface area is 297 Å². The number of carbonyl (C=O) groups excluding carboxylic acids is 1. The maximum Gasteiger partial charge on any atom is 0.410 e. The van der Waals surface area contributed by atoms with Gasteiger partial charge in [-0.3, -0.25) is 0 Å². The summed E-state index contributed by atoms with van der Waals surface area (Å²) in [7, 11) is -1.30. The lowest BCUT2D eigenvalue weighted by Gasteiger charge is -2.37. The number of piperidine rings is 1. The van der Waals surface area contributed by atoms with E-state index in [1.165, 1.54) is 4.90 Å². The Hall–Kier alpha value is -4.14. The molecular formula is C37H47F3N6O4Si. The summed E-state index contributed by atoms with van der Waals surface area (Å²) in [6, 6.07) is 17.6. The number of morpholine rings is 1. The van der Waals surface area contributed by atoms with Gasteiger partial charge in [-0.1, -0.05) is 62.1 Å². The molecule has 0 aliphatic carbocycles. The highest BCUT2D eigenvalue weighted by Gasteiger charge is 2.46. The molecule has 1 N–H and O–H groups in total. The second-order valence-electron chi connectivity index (χ2n) is 14.4. The first kappa shape index (κ1) is 36.6. The number of hydrogen-bond donors (Lipinski definition) is 1. The average molecular weight is 725 g/mol. The van der Waals surface area contributed by atoms with Gasteiger partial charge in [0, 0.05) is 46.5 Å². The fourth-order valence-electron chi connectivity index (χ4n) is 6.59. The van der Waals surface area contributed by atoms with Gasteiger partial charge in [-0.2, -0.15) is 13.2 Å². The number of anilines is 2. The van der Waals surface area contributed by atoms with Crippen LogP contribution in [0.4, 0.5) is 29.5 Å². The van der Waals surface area contributed by atoms with E-state index >= 15 is 0 Å². The number of alkyl halides is 3. The predicted molar refractivity (Wildman–Crippen MR) is 194 cm³/mol. The molecule has 0 radical (unpaired) electrons. The molecule has 2 aliphatic rings. The third-order valence-electron chi connectivity index (χ3n) is 9.53. The van der Waals surface area contributed by atoms with Crippen LogP contribution in [0.2, 0.25) is 25.7 Å². The molecule has 2 aliphatic heterocycles. The predicted octanol–water partition coefficient (Wildman–Crippen LogP) is 7.64. The first-order valence-electron chi connectivity index (χ1n) is 17.6. The lowest BCUT2D eigenvalue weighted by atomic mass is 9.88.